The van der Waals surface area contributed by atoms with Crippen LogP contribution in [0.5, 0.6) is 0 Å². The van der Waals surface area contributed by atoms with Gasteiger partial charge in [0.05, 0.1) is 11.4 Å². The van der Waals surface area contributed by atoms with Crippen molar-refractivity contribution in [1.29, 1.82) is 0 Å². The van der Waals surface area contributed by atoms with E-state index in [9.17, 15) is 13.6 Å². The van der Waals surface area contributed by atoms with E-state index in [2.05, 4.69) is 5.32 Å². The largest absolute Gasteiger partial charge is 0.397 e. The van der Waals surface area contributed by atoms with Gasteiger partial charge in [0.1, 0.15) is 6.04 Å². The van der Waals surface area contributed by atoms with Gasteiger partial charge < -0.3 is 16.0 Å². The lowest BCUT2D eigenvalue weighted by molar-refractivity contribution is -0.132. The molecule has 3 N–H and O–H groups in total. The van der Waals surface area contributed by atoms with Crippen molar-refractivity contribution in [1.82, 2.24) is 4.90 Å². The molecule has 20 heavy (non-hydrogen) atoms. The molecule has 0 saturated carbocycles. The molecule has 1 unspecified atom stereocenters. The maximum absolute atomic E-state index is 13.7. The number of hydrogen-bond donors (Lipinski definition) is 2. The number of anilines is 2. The van der Waals surface area contributed by atoms with E-state index in [0.717, 1.165) is 25.3 Å². The molecule has 1 aromatic carbocycles. The van der Waals surface area contributed by atoms with E-state index in [4.69, 9.17) is 5.73 Å². The van der Waals surface area contributed by atoms with E-state index in [1.54, 1.807) is 11.8 Å². The SMILES string of the molecule is CC(Nc1c(N)ccc(F)c1F)C(=O)N1CCCCC1. The van der Waals surface area contributed by atoms with Gasteiger partial charge in [-0.1, -0.05) is 0 Å². The number of rotatable bonds is 3. The second-order valence-corrected chi connectivity index (χ2v) is 5.08. The zero-order chi connectivity index (χ0) is 14.7. The van der Waals surface area contributed by atoms with Gasteiger partial charge in [-0.3, -0.25) is 4.79 Å². The lowest BCUT2D eigenvalue weighted by Gasteiger charge is -2.30. The van der Waals surface area contributed by atoms with Crippen LogP contribution in [0.3, 0.4) is 0 Å². The van der Waals surface area contributed by atoms with Gasteiger partial charge in [-0.05, 0) is 38.3 Å². The quantitative estimate of drug-likeness (QED) is 0.837. The van der Waals surface area contributed by atoms with Crippen molar-refractivity contribution >= 4 is 17.3 Å². The van der Waals surface area contributed by atoms with Crippen molar-refractivity contribution in [2.45, 2.75) is 32.2 Å². The Labute approximate surface area is 116 Å². The fourth-order valence-electron chi connectivity index (χ4n) is 2.38. The van der Waals surface area contributed by atoms with Crippen LogP contribution in [0.1, 0.15) is 26.2 Å². The van der Waals surface area contributed by atoms with Crippen molar-refractivity contribution < 1.29 is 13.6 Å². The van der Waals surface area contributed by atoms with Crippen molar-refractivity contribution in [3.8, 4) is 0 Å². The molecule has 1 aromatic rings. The summed E-state index contributed by atoms with van der Waals surface area (Å²) in [6, 6.07) is 1.60. The highest BCUT2D eigenvalue weighted by molar-refractivity contribution is 5.85. The lowest BCUT2D eigenvalue weighted by Crippen LogP contribution is -2.44. The van der Waals surface area contributed by atoms with Crippen LogP contribution in [-0.4, -0.2) is 29.9 Å². The number of piperidine rings is 1. The van der Waals surface area contributed by atoms with Crippen molar-refractivity contribution in [2.75, 3.05) is 24.1 Å². The smallest absolute Gasteiger partial charge is 0.244 e. The first-order valence-corrected chi connectivity index (χ1v) is 6.79. The van der Waals surface area contributed by atoms with Gasteiger partial charge in [0, 0.05) is 13.1 Å². The Morgan fingerprint density at radius 3 is 2.60 bits per heavy atom. The number of hydrogen-bond acceptors (Lipinski definition) is 3. The summed E-state index contributed by atoms with van der Waals surface area (Å²) in [4.78, 5) is 14.0. The Kier molecular flexibility index (Phi) is 4.42. The maximum atomic E-state index is 13.7. The van der Waals surface area contributed by atoms with Gasteiger partial charge in [0.15, 0.2) is 11.6 Å². The Hall–Kier alpha value is -1.85. The zero-order valence-corrected chi connectivity index (χ0v) is 11.5. The number of nitrogens with two attached hydrogens (primary N) is 1. The van der Waals surface area contributed by atoms with Gasteiger partial charge >= 0.3 is 0 Å². The first kappa shape index (κ1) is 14.6. The molecule has 0 aliphatic carbocycles. The van der Waals surface area contributed by atoms with Crippen LogP contribution in [0, 0.1) is 11.6 Å². The van der Waals surface area contributed by atoms with Crippen LogP contribution < -0.4 is 11.1 Å². The van der Waals surface area contributed by atoms with E-state index < -0.39 is 17.7 Å². The highest BCUT2D eigenvalue weighted by atomic mass is 19.2. The number of benzene rings is 1. The molecule has 4 nitrogen and oxygen atoms in total. The molecule has 110 valence electrons. The Morgan fingerprint density at radius 1 is 1.30 bits per heavy atom. The molecule has 0 aromatic heterocycles. The Bertz CT molecular complexity index is 501. The summed E-state index contributed by atoms with van der Waals surface area (Å²) in [5.41, 5.74) is 5.56. The molecule has 1 atom stereocenters. The summed E-state index contributed by atoms with van der Waals surface area (Å²) in [5.74, 6) is -2.16. The summed E-state index contributed by atoms with van der Waals surface area (Å²) in [7, 11) is 0. The normalized spacial score (nSPS) is 16.9. The third kappa shape index (κ3) is 3.00. The molecule has 0 radical (unpaired) electrons. The van der Waals surface area contributed by atoms with E-state index in [-0.39, 0.29) is 17.3 Å². The van der Waals surface area contributed by atoms with Crippen molar-refractivity contribution in [3.05, 3.63) is 23.8 Å². The van der Waals surface area contributed by atoms with Crippen molar-refractivity contribution in [2.24, 2.45) is 0 Å². The van der Waals surface area contributed by atoms with Crippen LogP contribution in [-0.2, 0) is 4.79 Å². The average Bonchev–Trinajstić information content (AvgIpc) is 2.47. The highest BCUT2D eigenvalue weighted by Crippen LogP contribution is 2.25. The minimum atomic E-state index is -1.05. The molecule has 6 heteroatoms. The van der Waals surface area contributed by atoms with E-state index in [0.29, 0.717) is 13.1 Å². The number of nitrogen functional groups attached to an aromatic ring is 1. The van der Waals surface area contributed by atoms with Crippen molar-refractivity contribution in [3.63, 3.8) is 0 Å². The molecule has 0 spiro atoms. The van der Waals surface area contributed by atoms with E-state index in [1.807, 2.05) is 0 Å². The van der Waals surface area contributed by atoms with Crippen LogP contribution in [0.15, 0.2) is 12.1 Å². The summed E-state index contributed by atoms with van der Waals surface area (Å²) in [6.45, 7) is 3.05. The Morgan fingerprint density at radius 2 is 1.95 bits per heavy atom. The lowest BCUT2D eigenvalue weighted by atomic mass is 10.1. The first-order chi connectivity index (χ1) is 9.50. The third-order valence-corrected chi connectivity index (χ3v) is 3.53. The molecule has 1 heterocycles. The molecular weight excluding hydrogens is 264 g/mol. The summed E-state index contributed by atoms with van der Waals surface area (Å²) < 4.78 is 26.9. The molecule has 1 aliphatic heterocycles. The molecule has 1 aliphatic rings. The van der Waals surface area contributed by atoms with Gasteiger partial charge in [0.25, 0.3) is 0 Å². The van der Waals surface area contributed by atoms with Gasteiger partial charge in [-0.2, -0.15) is 0 Å². The van der Waals surface area contributed by atoms with Gasteiger partial charge in [-0.25, -0.2) is 8.78 Å². The molecule has 0 bridgehead atoms. The van der Waals surface area contributed by atoms with Crippen LogP contribution in [0.4, 0.5) is 20.2 Å². The number of amides is 1. The second-order valence-electron chi connectivity index (χ2n) is 5.08. The standard InChI is InChI=1S/C14H19F2N3O/c1-9(14(20)19-7-3-2-4-8-19)18-13-11(17)6-5-10(15)12(13)16/h5-6,9,18H,2-4,7-8,17H2,1H3. The second kappa shape index (κ2) is 6.07. The van der Waals surface area contributed by atoms with Gasteiger partial charge in [-0.15, -0.1) is 0 Å². The summed E-state index contributed by atoms with van der Waals surface area (Å²) in [5, 5.41) is 2.69. The number of carbonyl (C=O) groups is 1. The van der Waals surface area contributed by atoms with E-state index in [1.165, 1.54) is 6.07 Å². The molecule has 1 saturated heterocycles. The minimum Gasteiger partial charge on any atom is -0.397 e. The predicted octanol–water partition coefficient (Wildman–Crippen LogP) is 2.36. The number of halogens is 2. The van der Waals surface area contributed by atoms with Gasteiger partial charge in [0.2, 0.25) is 5.91 Å². The number of nitrogens with zero attached hydrogens (tertiary/aromatic N) is 1. The van der Waals surface area contributed by atoms with Crippen LogP contribution in [0.25, 0.3) is 0 Å². The zero-order valence-electron chi connectivity index (χ0n) is 11.5. The van der Waals surface area contributed by atoms with Crippen LogP contribution >= 0.6 is 0 Å². The molecule has 1 amide bonds. The minimum absolute atomic E-state index is 0.0854. The maximum Gasteiger partial charge on any atom is 0.244 e. The highest BCUT2D eigenvalue weighted by Gasteiger charge is 2.24. The molecule has 1 fully saturated rings. The monoisotopic (exact) mass is 283 g/mol. The number of carbonyl (C=O) groups excluding carboxylic acids is 1. The third-order valence-electron chi connectivity index (χ3n) is 3.53. The summed E-state index contributed by atoms with van der Waals surface area (Å²) in [6.07, 6.45) is 3.08. The number of likely N-dealkylation sites (tertiary alicyclic amines) is 1. The topological polar surface area (TPSA) is 58.4 Å². The average molecular weight is 283 g/mol. The van der Waals surface area contributed by atoms with Crippen LogP contribution in [0.2, 0.25) is 0 Å². The molecular formula is C14H19F2N3O. The molecule has 2 rings (SSSR count). The number of nitrogens with one attached hydrogen (secondary N) is 1. The van der Waals surface area contributed by atoms with E-state index >= 15 is 0 Å². The first-order valence-electron chi connectivity index (χ1n) is 6.79. The fourth-order valence-corrected chi connectivity index (χ4v) is 2.38. The Balaban J connectivity index is 2.09. The predicted molar refractivity (Wildman–Crippen MR) is 74.3 cm³/mol. The fraction of sp³-hybridized carbons (Fsp3) is 0.500. The summed E-state index contributed by atoms with van der Waals surface area (Å²) >= 11 is 0.